The van der Waals surface area contributed by atoms with Crippen LogP contribution in [0.2, 0.25) is 0 Å². The molecule has 1 saturated heterocycles. The van der Waals surface area contributed by atoms with E-state index in [1.54, 1.807) is 11.0 Å². The Kier molecular flexibility index (Phi) is 4.92. The molecule has 6 heteroatoms. The fourth-order valence-corrected chi connectivity index (χ4v) is 2.35. The molecule has 1 fully saturated rings. The number of hydrogen-bond acceptors (Lipinski definition) is 4. The second-order valence-electron chi connectivity index (χ2n) is 4.83. The van der Waals surface area contributed by atoms with Crippen molar-refractivity contribution in [2.45, 2.75) is 6.54 Å². The van der Waals surface area contributed by atoms with Crippen LogP contribution in [-0.2, 0) is 11.3 Å². The van der Waals surface area contributed by atoms with Crippen molar-refractivity contribution in [3.8, 4) is 5.75 Å². The molecule has 0 unspecified atom stereocenters. The molecular formula is C14H20FN3O2. The number of amides is 1. The molecule has 20 heavy (non-hydrogen) atoms. The summed E-state index contributed by atoms with van der Waals surface area (Å²) in [6.07, 6.45) is 0. The van der Waals surface area contributed by atoms with Gasteiger partial charge in [0.1, 0.15) is 0 Å². The second kappa shape index (κ2) is 6.67. The van der Waals surface area contributed by atoms with Crippen LogP contribution in [0.4, 0.5) is 4.39 Å². The molecule has 0 spiro atoms. The van der Waals surface area contributed by atoms with Crippen LogP contribution in [0.25, 0.3) is 0 Å². The van der Waals surface area contributed by atoms with Gasteiger partial charge in [-0.1, -0.05) is 6.07 Å². The van der Waals surface area contributed by atoms with Crippen LogP contribution in [0.1, 0.15) is 5.56 Å². The summed E-state index contributed by atoms with van der Waals surface area (Å²) >= 11 is 0. The highest BCUT2D eigenvalue weighted by Crippen LogP contribution is 2.19. The first kappa shape index (κ1) is 14.7. The number of carbonyl (C=O) groups is 1. The summed E-state index contributed by atoms with van der Waals surface area (Å²) in [5.74, 6) is -0.103. The molecule has 0 aromatic heterocycles. The minimum atomic E-state index is -0.345. The number of nitrogens with two attached hydrogens (primary N) is 1. The third-order valence-corrected chi connectivity index (χ3v) is 3.52. The Hall–Kier alpha value is -1.66. The van der Waals surface area contributed by atoms with Crippen molar-refractivity contribution in [2.24, 2.45) is 5.73 Å². The molecule has 2 rings (SSSR count). The molecule has 0 radical (unpaired) electrons. The fraction of sp³-hybridized carbons (Fsp3) is 0.500. The van der Waals surface area contributed by atoms with Crippen LogP contribution < -0.4 is 10.5 Å². The Labute approximate surface area is 118 Å². The van der Waals surface area contributed by atoms with E-state index in [1.165, 1.54) is 13.2 Å². The van der Waals surface area contributed by atoms with Crippen LogP contribution in [0.3, 0.4) is 0 Å². The number of nitrogens with zero attached hydrogens (tertiary/aromatic N) is 2. The smallest absolute Gasteiger partial charge is 0.236 e. The number of carbonyl (C=O) groups excluding carboxylic acids is 1. The molecular weight excluding hydrogens is 261 g/mol. The van der Waals surface area contributed by atoms with Gasteiger partial charge in [-0.2, -0.15) is 0 Å². The standard InChI is InChI=1S/C14H20FN3O2/c1-20-13-3-2-11(8-12(13)15)10-17-4-6-18(7-5-17)14(19)9-16/h2-3,8H,4-7,9-10,16H2,1H3. The highest BCUT2D eigenvalue weighted by molar-refractivity contribution is 5.78. The van der Waals surface area contributed by atoms with Crippen molar-refractivity contribution >= 4 is 5.91 Å². The molecule has 1 aliphatic rings. The minimum absolute atomic E-state index is 0.0138. The first-order chi connectivity index (χ1) is 9.63. The van der Waals surface area contributed by atoms with Crippen LogP contribution >= 0.6 is 0 Å². The van der Waals surface area contributed by atoms with E-state index in [1.807, 2.05) is 6.07 Å². The molecule has 0 aliphatic carbocycles. The monoisotopic (exact) mass is 281 g/mol. The fourth-order valence-electron chi connectivity index (χ4n) is 2.35. The van der Waals surface area contributed by atoms with E-state index in [0.29, 0.717) is 19.6 Å². The van der Waals surface area contributed by atoms with E-state index in [2.05, 4.69) is 4.90 Å². The zero-order chi connectivity index (χ0) is 14.5. The average Bonchev–Trinajstić information content (AvgIpc) is 2.47. The van der Waals surface area contributed by atoms with Crippen LogP contribution in [0.5, 0.6) is 5.75 Å². The summed E-state index contributed by atoms with van der Waals surface area (Å²) in [5.41, 5.74) is 6.25. The number of halogens is 1. The molecule has 1 aromatic rings. The van der Waals surface area contributed by atoms with Crippen LogP contribution in [0, 0.1) is 5.82 Å². The van der Waals surface area contributed by atoms with E-state index >= 15 is 0 Å². The largest absolute Gasteiger partial charge is 0.494 e. The molecule has 1 heterocycles. The quantitative estimate of drug-likeness (QED) is 0.870. The van der Waals surface area contributed by atoms with Gasteiger partial charge in [0, 0.05) is 32.7 Å². The summed E-state index contributed by atoms with van der Waals surface area (Å²) in [6.45, 7) is 3.64. The highest BCUT2D eigenvalue weighted by Gasteiger charge is 2.20. The average molecular weight is 281 g/mol. The first-order valence-corrected chi connectivity index (χ1v) is 6.66. The lowest BCUT2D eigenvalue weighted by Gasteiger charge is -2.34. The molecule has 0 atom stereocenters. The van der Waals surface area contributed by atoms with Crippen molar-refractivity contribution < 1.29 is 13.9 Å². The van der Waals surface area contributed by atoms with E-state index in [0.717, 1.165) is 18.7 Å². The predicted molar refractivity (Wildman–Crippen MR) is 73.9 cm³/mol. The summed E-state index contributed by atoms with van der Waals surface area (Å²) in [7, 11) is 1.45. The number of benzene rings is 1. The Morgan fingerprint density at radius 2 is 2.05 bits per heavy atom. The number of piperazine rings is 1. The Bertz CT molecular complexity index is 473. The normalized spacial score (nSPS) is 16.2. The molecule has 1 aliphatic heterocycles. The molecule has 1 aromatic carbocycles. The van der Waals surface area contributed by atoms with Gasteiger partial charge in [0.15, 0.2) is 11.6 Å². The maximum absolute atomic E-state index is 13.6. The SMILES string of the molecule is COc1ccc(CN2CCN(C(=O)CN)CC2)cc1F. The van der Waals surface area contributed by atoms with Crippen molar-refractivity contribution in [1.82, 2.24) is 9.80 Å². The zero-order valence-corrected chi connectivity index (χ0v) is 11.6. The topological polar surface area (TPSA) is 58.8 Å². The lowest BCUT2D eigenvalue weighted by atomic mass is 10.2. The summed E-state index contributed by atoms with van der Waals surface area (Å²) in [5, 5.41) is 0. The number of rotatable bonds is 4. The van der Waals surface area contributed by atoms with Gasteiger partial charge in [0.2, 0.25) is 5.91 Å². The molecule has 2 N–H and O–H groups in total. The van der Waals surface area contributed by atoms with Gasteiger partial charge in [0.05, 0.1) is 13.7 Å². The Balaban J connectivity index is 1.89. The second-order valence-corrected chi connectivity index (χ2v) is 4.83. The maximum atomic E-state index is 13.6. The molecule has 5 nitrogen and oxygen atoms in total. The summed E-state index contributed by atoms with van der Waals surface area (Å²) in [6, 6.07) is 4.99. The Morgan fingerprint density at radius 3 is 2.60 bits per heavy atom. The Morgan fingerprint density at radius 1 is 1.35 bits per heavy atom. The third kappa shape index (κ3) is 3.46. The van der Waals surface area contributed by atoms with Crippen molar-refractivity contribution in [3.05, 3.63) is 29.6 Å². The number of methoxy groups -OCH3 is 1. The minimum Gasteiger partial charge on any atom is -0.494 e. The third-order valence-electron chi connectivity index (χ3n) is 3.52. The van der Waals surface area contributed by atoms with Gasteiger partial charge in [0.25, 0.3) is 0 Å². The van der Waals surface area contributed by atoms with Crippen molar-refractivity contribution in [1.29, 1.82) is 0 Å². The number of hydrogen-bond donors (Lipinski definition) is 1. The van der Waals surface area contributed by atoms with Crippen LogP contribution in [-0.4, -0.2) is 55.5 Å². The maximum Gasteiger partial charge on any atom is 0.236 e. The van der Waals surface area contributed by atoms with E-state index < -0.39 is 0 Å². The van der Waals surface area contributed by atoms with Crippen molar-refractivity contribution in [3.63, 3.8) is 0 Å². The molecule has 0 saturated carbocycles. The predicted octanol–water partition coefficient (Wildman–Crippen LogP) is 0.437. The zero-order valence-electron chi connectivity index (χ0n) is 11.6. The van der Waals surface area contributed by atoms with Gasteiger partial charge >= 0.3 is 0 Å². The van der Waals surface area contributed by atoms with E-state index in [4.69, 9.17) is 10.5 Å². The van der Waals surface area contributed by atoms with Gasteiger partial charge in [-0.3, -0.25) is 9.69 Å². The van der Waals surface area contributed by atoms with Crippen molar-refractivity contribution in [2.75, 3.05) is 39.8 Å². The number of ether oxygens (including phenoxy) is 1. The van der Waals surface area contributed by atoms with Gasteiger partial charge < -0.3 is 15.4 Å². The lowest BCUT2D eigenvalue weighted by molar-refractivity contribution is -0.131. The summed E-state index contributed by atoms with van der Waals surface area (Å²) < 4.78 is 18.5. The molecule has 1 amide bonds. The molecule has 0 bridgehead atoms. The van der Waals surface area contributed by atoms with Gasteiger partial charge in [-0.25, -0.2) is 4.39 Å². The first-order valence-electron chi connectivity index (χ1n) is 6.66. The van der Waals surface area contributed by atoms with E-state index in [9.17, 15) is 9.18 Å². The summed E-state index contributed by atoms with van der Waals surface area (Å²) in [4.78, 5) is 15.4. The highest BCUT2D eigenvalue weighted by atomic mass is 19.1. The van der Waals surface area contributed by atoms with Gasteiger partial charge in [-0.05, 0) is 17.7 Å². The van der Waals surface area contributed by atoms with Gasteiger partial charge in [-0.15, -0.1) is 0 Å². The van der Waals surface area contributed by atoms with E-state index in [-0.39, 0.29) is 24.0 Å². The molecule has 110 valence electrons. The lowest BCUT2D eigenvalue weighted by Crippen LogP contribution is -2.49. The van der Waals surface area contributed by atoms with Crippen LogP contribution in [0.15, 0.2) is 18.2 Å².